The number of nitrogens with zero attached hydrogens (tertiary/aromatic N) is 1. The fraction of sp³-hybridized carbons (Fsp3) is 0.304. The average Bonchev–Trinajstić information content (AvgIpc) is 2.69. The number of benzene rings is 2. The van der Waals surface area contributed by atoms with Crippen LogP contribution in [0.3, 0.4) is 0 Å². The second kappa shape index (κ2) is 8.10. The first-order valence-electron chi connectivity index (χ1n) is 9.74. The molecule has 0 bridgehead atoms. The quantitative estimate of drug-likeness (QED) is 0.514. The van der Waals surface area contributed by atoms with Crippen molar-refractivity contribution in [2.75, 3.05) is 12.3 Å². The first-order valence-corrected chi connectivity index (χ1v) is 9.74. The minimum atomic E-state index is -0.824. The highest BCUT2D eigenvalue weighted by Crippen LogP contribution is 2.32. The minimum Gasteiger partial charge on any atom is -0.452 e. The summed E-state index contributed by atoms with van der Waals surface area (Å²) >= 11 is 0. The molecule has 0 saturated heterocycles. The molecule has 0 radical (unpaired) electrons. The molecule has 0 heterocycles. The van der Waals surface area contributed by atoms with Crippen molar-refractivity contribution >= 4 is 29.1 Å². The molecule has 0 fully saturated rings. The van der Waals surface area contributed by atoms with Crippen LogP contribution in [0.25, 0.3) is 0 Å². The number of hydrogen-bond acceptors (Lipinski definition) is 6. The summed E-state index contributed by atoms with van der Waals surface area (Å²) in [5.74, 6) is -1.90. The van der Waals surface area contributed by atoms with Crippen LogP contribution in [-0.4, -0.2) is 47.0 Å². The second-order valence-corrected chi connectivity index (χ2v) is 7.72. The number of amides is 1. The summed E-state index contributed by atoms with van der Waals surface area (Å²) in [6.45, 7) is 7.06. The van der Waals surface area contributed by atoms with Crippen molar-refractivity contribution in [2.24, 2.45) is 0 Å². The highest BCUT2D eigenvalue weighted by atomic mass is 16.5. The number of anilines is 1. The van der Waals surface area contributed by atoms with Gasteiger partial charge in [0.2, 0.25) is 0 Å². The van der Waals surface area contributed by atoms with Gasteiger partial charge in [-0.1, -0.05) is 24.3 Å². The first kappa shape index (κ1) is 21.2. The molecule has 2 aromatic rings. The number of esters is 1. The van der Waals surface area contributed by atoms with E-state index in [9.17, 15) is 19.2 Å². The lowest BCUT2D eigenvalue weighted by atomic mass is 9.82. The monoisotopic (exact) mass is 408 g/mol. The molecule has 1 amide bonds. The van der Waals surface area contributed by atoms with Gasteiger partial charge in [0.15, 0.2) is 18.2 Å². The molecule has 2 aromatic carbocycles. The Bertz CT molecular complexity index is 1050. The molecule has 0 unspecified atom stereocenters. The number of nitrogens with two attached hydrogens (primary N) is 1. The zero-order valence-electron chi connectivity index (χ0n) is 17.4. The van der Waals surface area contributed by atoms with E-state index < -0.39 is 18.4 Å². The van der Waals surface area contributed by atoms with Crippen molar-refractivity contribution in [1.82, 2.24) is 4.90 Å². The molecule has 1 aliphatic carbocycles. The van der Waals surface area contributed by atoms with E-state index in [0.29, 0.717) is 5.56 Å². The van der Waals surface area contributed by atoms with E-state index in [4.69, 9.17) is 10.5 Å². The smallest absolute Gasteiger partial charge is 0.340 e. The summed E-state index contributed by atoms with van der Waals surface area (Å²) in [7, 11) is 0. The maximum atomic E-state index is 12.9. The SMILES string of the molecule is CC(C)N(C(=O)COC(=O)c1ccc2c(c1N)C(=O)c1ccccc1C2=O)C(C)C. The van der Waals surface area contributed by atoms with Gasteiger partial charge in [0.05, 0.1) is 16.8 Å². The molecule has 1 aliphatic rings. The van der Waals surface area contributed by atoms with E-state index in [0.717, 1.165) is 0 Å². The summed E-state index contributed by atoms with van der Waals surface area (Å²) in [5, 5.41) is 0. The van der Waals surface area contributed by atoms with Crippen molar-refractivity contribution < 1.29 is 23.9 Å². The van der Waals surface area contributed by atoms with Crippen molar-refractivity contribution in [1.29, 1.82) is 0 Å². The van der Waals surface area contributed by atoms with Crippen molar-refractivity contribution in [2.45, 2.75) is 39.8 Å². The van der Waals surface area contributed by atoms with Crippen LogP contribution >= 0.6 is 0 Å². The minimum absolute atomic E-state index is 0.00883. The Kier molecular flexibility index (Phi) is 5.73. The van der Waals surface area contributed by atoms with E-state index in [1.807, 2.05) is 27.7 Å². The zero-order chi connectivity index (χ0) is 22.2. The molecule has 30 heavy (non-hydrogen) atoms. The molecule has 0 spiro atoms. The molecule has 0 saturated carbocycles. The van der Waals surface area contributed by atoms with Gasteiger partial charge < -0.3 is 15.4 Å². The van der Waals surface area contributed by atoms with Gasteiger partial charge in [0.1, 0.15) is 0 Å². The van der Waals surface area contributed by atoms with Crippen LogP contribution in [0.4, 0.5) is 5.69 Å². The van der Waals surface area contributed by atoms with Crippen molar-refractivity contribution in [3.8, 4) is 0 Å². The lowest BCUT2D eigenvalue weighted by Gasteiger charge is -2.30. The molecule has 7 nitrogen and oxygen atoms in total. The Morgan fingerprint density at radius 2 is 1.47 bits per heavy atom. The Morgan fingerprint density at radius 1 is 0.900 bits per heavy atom. The van der Waals surface area contributed by atoms with Crippen LogP contribution in [0, 0.1) is 0 Å². The summed E-state index contributed by atoms with van der Waals surface area (Å²) in [6, 6.07) is 9.12. The van der Waals surface area contributed by atoms with E-state index >= 15 is 0 Å². The van der Waals surface area contributed by atoms with Crippen LogP contribution in [0.2, 0.25) is 0 Å². The van der Waals surface area contributed by atoms with Gasteiger partial charge in [-0.2, -0.15) is 0 Å². The molecule has 0 aromatic heterocycles. The largest absolute Gasteiger partial charge is 0.452 e. The van der Waals surface area contributed by atoms with Crippen LogP contribution in [0.5, 0.6) is 0 Å². The molecular weight excluding hydrogens is 384 g/mol. The average molecular weight is 408 g/mol. The Morgan fingerprint density at radius 3 is 2.03 bits per heavy atom. The fourth-order valence-corrected chi connectivity index (χ4v) is 3.84. The van der Waals surface area contributed by atoms with E-state index in [2.05, 4.69) is 0 Å². The number of ketones is 2. The molecule has 0 atom stereocenters. The van der Waals surface area contributed by atoms with E-state index in [1.165, 1.54) is 12.1 Å². The summed E-state index contributed by atoms with van der Waals surface area (Å²) < 4.78 is 5.17. The number of hydrogen-bond donors (Lipinski definition) is 1. The number of rotatable bonds is 5. The van der Waals surface area contributed by atoms with E-state index in [-0.39, 0.29) is 51.7 Å². The lowest BCUT2D eigenvalue weighted by molar-refractivity contribution is -0.138. The van der Waals surface area contributed by atoms with Crippen molar-refractivity contribution in [3.05, 3.63) is 64.2 Å². The van der Waals surface area contributed by atoms with Crippen LogP contribution in [-0.2, 0) is 9.53 Å². The Balaban J connectivity index is 1.87. The van der Waals surface area contributed by atoms with Gasteiger partial charge in [-0.3, -0.25) is 14.4 Å². The van der Waals surface area contributed by atoms with Crippen LogP contribution < -0.4 is 5.73 Å². The molecule has 156 valence electrons. The van der Waals surface area contributed by atoms with Gasteiger partial charge in [-0.25, -0.2) is 4.79 Å². The number of fused-ring (bicyclic) bond motifs is 2. The Hall–Kier alpha value is -3.48. The molecule has 7 heteroatoms. The topological polar surface area (TPSA) is 107 Å². The summed E-state index contributed by atoms with van der Waals surface area (Å²) in [6.07, 6.45) is 0. The standard InChI is InChI=1S/C23H24N2O5/c1-12(2)25(13(3)4)18(26)11-30-23(29)17-10-9-16-19(20(17)24)22(28)15-8-6-5-7-14(15)21(16)27/h5-10,12-13H,11,24H2,1-4H3. The third-order valence-corrected chi connectivity index (χ3v) is 5.08. The Labute approximate surface area is 174 Å². The van der Waals surface area contributed by atoms with Crippen molar-refractivity contribution in [3.63, 3.8) is 0 Å². The number of ether oxygens (including phenoxy) is 1. The highest BCUT2D eigenvalue weighted by Gasteiger charge is 2.33. The van der Waals surface area contributed by atoms with Crippen LogP contribution in [0.1, 0.15) is 69.9 Å². The van der Waals surface area contributed by atoms with Gasteiger partial charge in [-0.15, -0.1) is 0 Å². The maximum Gasteiger partial charge on any atom is 0.340 e. The van der Waals surface area contributed by atoms with Gasteiger partial charge in [-0.05, 0) is 39.8 Å². The zero-order valence-corrected chi connectivity index (χ0v) is 17.4. The number of carbonyl (C=O) groups excluding carboxylic acids is 4. The number of carbonyl (C=O) groups is 4. The molecule has 3 rings (SSSR count). The van der Waals surface area contributed by atoms with Gasteiger partial charge in [0, 0.05) is 28.8 Å². The third kappa shape index (κ3) is 3.58. The fourth-order valence-electron chi connectivity index (χ4n) is 3.84. The lowest BCUT2D eigenvalue weighted by Crippen LogP contribution is -2.44. The number of nitrogen functional groups attached to an aromatic ring is 1. The first-order chi connectivity index (χ1) is 14.1. The summed E-state index contributed by atoms with van der Waals surface area (Å²) in [4.78, 5) is 52.3. The molecule has 2 N–H and O–H groups in total. The predicted molar refractivity (Wildman–Crippen MR) is 112 cm³/mol. The highest BCUT2D eigenvalue weighted by molar-refractivity contribution is 6.30. The molecule has 0 aliphatic heterocycles. The van der Waals surface area contributed by atoms with Crippen LogP contribution in [0.15, 0.2) is 36.4 Å². The van der Waals surface area contributed by atoms with Gasteiger partial charge in [0.25, 0.3) is 5.91 Å². The molecular formula is C23H24N2O5. The normalized spacial score (nSPS) is 12.6. The van der Waals surface area contributed by atoms with Gasteiger partial charge >= 0.3 is 5.97 Å². The predicted octanol–water partition coefficient (Wildman–Crippen LogP) is 2.85. The maximum absolute atomic E-state index is 12.9. The second-order valence-electron chi connectivity index (χ2n) is 7.72. The third-order valence-electron chi connectivity index (χ3n) is 5.08. The van der Waals surface area contributed by atoms with E-state index in [1.54, 1.807) is 29.2 Å². The summed E-state index contributed by atoms with van der Waals surface area (Å²) in [5.41, 5.74) is 6.62.